The van der Waals surface area contributed by atoms with Gasteiger partial charge in [-0.1, -0.05) is 11.2 Å². The van der Waals surface area contributed by atoms with E-state index in [1.165, 1.54) is 30.6 Å². The van der Waals surface area contributed by atoms with Crippen LogP contribution in [0.2, 0.25) is 0 Å². The molecule has 146 valence electrons. The average Bonchev–Trinajstić information content (AvgIpc) is 3.37. The summed E-state index contributed by atoms with van der Waals surface area (Å²) in [5, 5.41) is 5.61. The first-order chi connectivity index (χ1) is 13.5. The Morgan fingerprint density at radius 3 is 2.57 bits per heavy atom. The highest BCUT2D eigenvalue weighted by atomic mass is 32.1. The number of ether oxygens (including phenoxy) is 2. The van der Waals surface area contributed by atoms with E-state index >= 15 is 0 Å². The Kier molecular flexibility index (Phi) is 5.95. The first-order valence-electron chi connectivity index (χ1n) is 8.44. The zero-order chi connectivity index (χ0) is 20.1. The molecule has 9 heteroatoms. The van der Waals surface area contributed by atoms with Gasteiger partial charge < -0.3 is 14.0 Å². The fourth-order valence-corrected chi connectivity index (χ4v) is 3.00. The van der Waals surface area contributed by atoms with Crippen molar-refractivity contribution in [1.29, 1.82) is 0 Å². The maximum Gasteiger partial charge on any atom is 0.291 e. The van der Waals surface area contributed by atoms with E-state index in [0.29, 0.717) is 22.8 Å². The number of hydrogen-bond donors (Lipinski definition) is 2. The van der Waals surface area contributed by atoms with E-state index < -0.39 is 11.8 Å². The molecule has 1 aromatic carbocycles. The van der Waals surface area contributed by atoms with Crippen LogP contribution in [-0.4, -0.2) is 30.2 Å². The maximum atomic E-state index is 12.3. The second-order valence-corrected chi connectivity index (χ2v) is 6.94. The van der Waals surface area contributed by atoms with Crippen LogP contribution in [0.3, 0.4) is 0 Å². The topological polar surface area (TPSA) is 103 Å². The summed E-state index contributed by atoms with van der Waals surface area (Å²) in [5.41, 5.74) is 5.01. The van der Waals surface area contributed by atoms with Crippen molar-refractivity contribution in [3.63, 3.8) is 0 Å². The highest BCUT2D eigenvalue weighted by Gasteiger charge is 2.16. The molecule has 0 aliphatic rings. The molecule has 0 spiro atoms. The second kappa shape index (κ2) is 8.57. The molecule has 3 aromatic rings. The van der Waals surface area contributed by atoms with Gasteiger partial charge in [-0.2, -0.15) is 0 Å². The summed E-state index contributed by atoms with van der Waals surface area (Å²) in [6, 6.07) is 9.98. The lowest BCUT2D eigenvalue weighted by atomic mass is 10.2. The Morgan fingerprint density at radius 2 is 1.89 bits per heavy atom. The summed E-state index contributed by atoms with van der Waals surface area (Å²) >= 11 is 1.47. The number of methoxy groups -OCH3 is 1. The van der Waals surface area contributed by atoms with Gasteiger partial charge >= 0.3 is 0 Å². The van der Waals surface area contributed by atoms with Crippen molar-refractivity contribution < 1.29 is 23.6 Å². The number of nitrogens with zero attached hydrogens (tertiary/aromatic N) is 1. The van der Waals surface area contributed by atoms with Gasteiger partial charge in [0.05, 0.1) is 18.1 Å². The molecule has 0 aliphatic heterocycles. The van der Waals surface area contributed by atoms with Crippen LogP contribution in [0.1, 0.15) is 34.7 Å². The van der Waals surface area contributed by atoms with Crippen LogP contribution in [0.5, 0.6) is 11.5 Å². The third kappa shape index (κ3) is 4.49. The van der Waals surface area contributed by atoms with Crippen LogP contribution >= 0.6 is 11.3 Å². The van der Waals surface area contributed by atoms with Crippen molar-refractivity contribution in [2.75, 3.05) is 7.11 Å². The van der Waals surface area contributed by atoms with Gasteiger partial charge in [-0.3, -0.25) is 20.4 Å². The largest absolute Gasteiger partial charge is 0.493 e. The summed E-state index contributed by atoms with van der Waals surface area (Å²) in [6.45, 7) is 3.78. The number of carbonyl (C=O) groups excluding carboxylic acids is 2. The SMILES string of the molecule is COc1cc(C(=O)NNC(=O)c2cc(-c3cccs3)on2)ccc1OC(C)C. The van der Waals surface area contributed by atoms with E-state index in [4.69, 9.17) is 14.0 Å². The van der Waals surface area contributed by atoms with Crippen molar-refractivity contribution in [3.8, 4) is 22.1 Å². The molecule has 0 aliphatic carbocycles. The Labute approximate surface area is 165 Å². The molecule has 0 radical (unpaired) electrons. The minimum atomic E-state index is -0.591. The fraction of sp³-hybridized carbons (Fsp3) is 0.211. The van der Waals surface area contributed by atoms with Crippen molar-refractivity contribution in [1.82, 2.24) is 16.0 Å². The van der Waals surface area contributed by atoms with E-state index in [1.54, 1.807) is 12.1 Å². The number of hydrazine groups is 1. The predicted octanol–water partition coefficient (Wildman–Crippen LogP) is 3.27. The first-order valence-corrected chi connectivity index (χ1v) is 9.32. The molecule has 3 rings (SSSR count). The van der Waals surface area contributed by atoms with Gasteiger partial charge in [0, 0.05) is 11.6 Å². The summed E-state index contributed by atoms with van der Waals surface area (Å²) in [5.74, 6) is 0.333. The number of thiophene rings is 1. The molecule has 0 fully saturated rings. The van der Waals surface area contributed by atoms with Gasteiger partial charge in [0.1, 0.15) is 0 Å². The lowest BCUT2D eigenvalue weighted by molar-refractivity contribution is 0.0841. The molecule has 0 unspecified atom stereocenters. The van der Waals surface area contributed by atoms with E-state index in [1.807, 2.05) is 31.4 Å². The van der Waals surface area contributed by atoms with Crippen LogP contribution in [0, 0.1) is 0 Å². The number of benzene rings is 1. The number of hydrogen-bond acceptors (Lipinski definition) is 7. The van der Waals surface area contributed by atoms with Gasteiger partial charge in [-0.25, -0.2) is 0 Å². The molecule has 28 heavy (non-hydrogen) atoms. The monoisotopic (exact) mass is 401 g/mol. The fourth-order valence-electron chi connectivity index (χ4n) is 2.33. The van der Waals surface area contributed by atoms with Crippen LogP contribution in [0.15, 0.2) is 46.3 Å². The van der Waals surface area contributed by atoms with Crippen molar-refractivity contribution in [3.05, 3.63) is 53.0 Å². The van der Waals surface area contributed by atoms with Crippen LogP contribution in [0.4, 0.5) is 0 Å². The quantitative estimate of drug-likeness (QED) is 0.615. The van der Waals surface area contributed by atoms with E-state index in [-0.39, 0.29) is 11.8 Å². The Hall–Kier alpha value is -3.33. The molecule has 2 aromatic heterocycles. The molecular formula is C19H19N3O5S. The predicted molar refractivity (Wildman–Crippen MR) is 104 cm³/mol. The minimum absolute atomic E-state index is 0.0330. The lowest BCUT2D eigenvalue weighted by Gasteiger charge is -2.14. The molecule has 2 amide bonds. The number of rotatable bonds is 6. The van der Waals surface area contributed by atoms with Crippen LogP contribution < -0.4 is 20.3 Å². The number of nitrogens with one attached hydrogen (secondary N) is 2. The normalized spacial score (nSPS) is 10.6. The van der Waals surface area contributed by atoms with Crippen LogP contribution in [0.25, 0.3) is 10.6 Å². The molecule has 8 nitrogen and oxygen atoms in total. The minimum Gasteiger partial charge on any atom is -0.493 e. The zero-order valence-corrected chi connectivity index (χ0v) is 16.3. The average molecular weight is 401 g/mol. The first kappa shape index (κ1) is 19.4. The van der Waals surface area contributed by atoms with E-state index in [2.05, 4.69) is 16.0 Å². The molecule has 0 atom stereocenters. The van der Waals surface area contributed by atoms with Gasteiger partial charge in [-0.05, 0) is 43.5 Å². The smallest absolute Gasteiger partial charge is 0.291 e. The van der Waals surface area contributed by atoms with Gasteiger partial charge in [0.15, 0.2) is 23.0 Å². The lowest BCUT2D eigenvalue weighted by Crippen LogP contribution is -2.41. The highest BCUT2D eigenvalue weighted by molar-refractivity contribution is 7.13. The number of amides is 2. The second-order valence-electron chi connectivity index (χ2n) is 5.99. The summed E-state index contributed by atoms with van der Waals surface area (Å²) in [6.07, 6.45) is -0.0330. The van der Waals surface area contributed by atoms with Gasteiger partial charge in [0.2, 0.25) is 0 Å². The standard InChI is InChI=1S/C19H19N3O5S/c1-11(2)26-14-7-6-12(9-15(14)25-3)18(23)20-21-19(24)13-10-16(27-22-13)17-5-4-8-28-17/h4-11H,1-3H3,(H,20,23)(H,21,24). The maximum absolute atomic E-state index is 12.3. The summed E-state index contributed by atoms with van der Waals surface area (Å²) < 4.78 is 16.0. The Morgan fingerprint density at radius 1 is 1.11 bits per heavy atom. The van der Waals surface area contributed by atoms with Crippen molar-refractivity contribution >= 4 is 23.2 Å². The summed E-state index contributed by atoms with van der Waals surface area (Å²) in [7, 11) is 1.49. The van der Waals surface area contributed by atoms with Crippen molar-refractivity contribution in [2.24, 2.45) is 0 Å². The molecule has 0 saturated carbocycles. The van der Waals surface area contributed by atoms with Gasteiger partial charge in [-0.15, -0.1) is 11.3 Å². The summed E-state index contributed by atoms with van der Waals surface area (Å²) in [4.78, 5) is 25.3. The molecular weight excluding hydrogens is 382 g/mol. The Bertz CT molecular complexity index is 966. The van der Waals surface area contributed by atoms with E-state index in [0.717, 1.165) is 4.88 Å². The van der Waals surface area contributed by atoms with E-state index in [9.17, 15) is 9.59 Å². The molecule has 2 heterocycles. The molecule has 2 N–H and O–H groups in total. The van der Waals surface area contributed by atoms with Crippen molar-refractivity contribution in [2.45, 2.75) is 20.0 Å². The van der Waals surface area contributed by atoms with Crippen LogP contribution in [-0.2, 0) is 0 Å². The zero-order valence-electron chi connectivity index (χ0n) is 15.5. The molecule has 0 saturated heterocycles. The number of carbonyl (C=O) groups is 2. The third-order valence-electron chi connectivity index (χ3n) is 3.58. The Balaban J connectivity index is 1.63. The van der Waals surface area contributed by atoms with Gasteiger partial charge in [0.25, 0.3) is 11.8 Å². The molecule has 0 bridgehead atoms. The number of aromatic nitrogens is 1. The highest BCUT2D eigenvalue weighted by Crippen LogP contribution is 2.29. The third-order valence-corrected chi connectivity index (χ3v) is 4.47.